The van der Waals surface area contributed by atoms with Gasteiger partial charge in [-0.05, 0) is 35.7 Å². The van der Waals surface area contributed by atoms with Crippen molar-refractivity contribution in [3.8, 4) is 0 Å². The average Bonchev–Trinajstić information content (AvgIpc) is 3.11. The van der Waals surface area contributed by atoms with Crippen LogP contribution in [0.4, 0.5) is 0 Å². The highest BCUT2D eigenvalue weighted by Crippen LogP contribution is 2.16. The Labute approximate surface area is 143 Å². The van der Waals surface area contributed by atoms with Crippen LogP contribution in [0.5, 0.6) is 0 Å². The standard InChI is InChI=1S/C19H26N2O3/c1-14(2)12-23-13-17(18-5-4-10-24-18)21-11-15-6-8-16(9-7-15)19(22)20-3/h4-10,14,17,21H,11-13H2,1-3H3,(H,20,22). The SMILES string of the molecule is CNC(=O)c1ccc(CNC(COCC(C)C)c2ccco2)cc1. The number of benzene rings is 1. The Kier molecular flexibility index (Phi) is 7.03. The molecule has 5 nitrogen and oxygen atoms in total. The second kappa shape index (κ2) is 9.25. The van der Waals surface area contributed by atoms with Crippen LogP contribution in [0.2, 0.25) is 0 Å². The van der Waals surface area contributed by atoms with Gasteiger partial charge in [0.15, 0.2) is 0 Å². The summed E-state index contributed by atoms with van der Waals surface area (Å²) in [5, 5.41) is 6.07. The monoisotopic (exact) mass is 330 g/mol. The first-order chi connectivity index (χ1) is 11.6. The first-order valence-corrected chi connectivity index (χ1v) is 8.25. The molecule has 1 unspecified atom stereocenters. The van der Waals surface area contributed by atoms with Crippen LogP contribution in [0.25, 0.3) is 0 Å². The summed E-state index contributed by atoms with van der Waals surface area (Å²) in [5.41, 5.74) is 1.76. The van der Waals surface area contributed by atoms with Crippen LogP contribution in [-0.4, -0.2) is 26.2 Å². The van der Waals surface area contributed by atoms with Gasteiger partial charge in [-0.1, -0.05) is 26.0 Å². The summed E-state index contributed by atoms with van der Waals surface area (Å²) in [6, 6.07) is 11.4. The van der Waals surface area contributed by atoms with Gasteiger partial charge in [-0.25, -0.2) is 0 Å². The van der Waals surface area contributed by atoms with Gasteiger partial charge >= 0.3 is 0 Å². The molecule has 1 heterocycles. The predicted molar refractivity (Wildman–Crippen MR) is 93.8 cm³/mol. The highest BCUT2D eigenvalue weighted by Gasteiger charge is 2.14. The summed E-state index contributed by atoms with van der Waals surface area (Å²) in [5.74, 6) is 1.28. The van der Waals surface area contributed by atoms with E-state index in [4.69, 9.17) is 9.15 Å². The van der Waals surface area contributed by atoms with E-state index in [2.05, 4.69) is 24.5 Å². The molecule has 130 valence electrons. The molecule has 1 atom stereocenters. The Morgan fingerprint density at radius 2 is 1.92 bits per heavy atom. The molecule has 2 aromatic rings. The van der Waals surface area contributed by atoms with Crippen LogP contribution in [0.15, 0.2) is 47.1 Å². The Morgan fingerprint density at radius 3 is 2.50 bits per heavy atom. The number of carbonyl (C=O) groups is 1. The number of ether oxygens (including phenoxy) is 1. The molecule has 0 aliphatic rings. The highest BCUT2D eigenvalue weighted by atomic mass is 16.5. The number of furan rings is 1. The van der Waals surface area contributed by atoms with E-state index in [9.17, 15) is 4.79 Å². The van der Waals surface area contributed by atoms with Crippen molar-refractivity contribution in [1.82, 2.24) is 10.6 Å². The van der Waals surface area contributed by atoms with E-state index >= 15 is 0 Å². The zero-order valence-corrected chi connectivity index (χ0v) is 14.5. The summed E-state index contributed by atoms with van der Waals surface area (Å²) in [6.45, 7) is 6.21. The molecular weight excluding hydrogens is 304 g/mol. The summed E-state index contributed by atoms with van der Waals surface area (Å²) >= 11 is 0. The van der Waals surface area contributed by atoms with Crippen LogP contribution in [0.1, 0.15) is 41.6 Å². The fourth-order valence-electron chi connectivity index (χ4n) is 2.31. The van der Waals surface area contributed by atoms with E-state index < -0.39 is 0 Å². The first-order valence-electron chi connectivity index (χ1n) is 8.25. The van der Waals surface area contributed by atoms with Gasteiger partial charge in [0.1, 0.15) is 5.76 Å². The number of rotatable bonds is 9. The smallest absolute Gasteiger partial charge is 0.251 e. The van der Waals surface area contributed by atoms with Crippen molar-refractivity contribution < 1.29 is 13.9 Å². The van der Waals surface area contributed by atoms with Gasteiger partial charge in [0.05, 0.1) is 18.9 Å². The van der Waals surface area contributed by atoms with E-state index in [1.165, 1.54) is 0 Å². The normalized spacial score (nSPS) is 12.3. The molecule has 5 heteroatoms. The lowest BCUT2D eigenvalue weighted by Gasteiger charge is -2.18. The van der Waals surface area contributed by atoms with Crippen molar-refractivity contribution in [3.05, 3.63) is 59.5 Å². The summed E-state index contributed by atoms with van der Waals surface area (Å²) in [7, 11) is 1.63. The minimum atomic E-state index is -0.0787. The van der Waals surface area contributed by atoms with Gasteiger partial charge in [-0.3, -0.25) is 4.79 Å². The van der Waals surface area contributed by atoms with Gasteiger partial charge in [0.25, 0.3) is 5.91 Å². The Bertz CT molecular complexity index is 606. The maximum absolute atomic E-state index is 11.6. The minimum absolute atomic E-state index is 0.00244. The van der Waals surface area contributed by atoms with Crippen molar-refractivity contribution in [1.29, 1.82) is 0 Å². The number of carbonyl (C=O) groups excluding carboxylic acids is 1. The molecule has 0 bridgehead atoms. The van der Waals surface area contributed by atoms with Crippen molar-refractivity contribution in [2.45, 2.75) is 26.4 Å². The topological polar surface area (TPSA) is 63.5 Å². The molecule has 1 amide bonds. The number of hydrogen-bond acceptors (Lipinski definition) is 4. The number of nitrogens with one attached hydrogen (secondary N) is 2. The minimum Gasteiger partial charge on any atom is -0.468 e. The Morgan fingerprint density at radius 1 is 1.17 bits per heavy atom. The molecule has 24 heavy (non-hydrogen) atoms. The number of amides is 1. The molecule has 0 radical (unpaired) electrons. The van der Waals surface area contributed by atoms with Crippen LogP contribution in [0, 0.1) is 5.92 Å². The largest absolute Gasteiger partial charge is 0.468 e. The fraction of sp³-hybridized carbons (Fsp3) is 0.421. The first kappa shape index (κ1) is 18.2. The van der Waals surface area contributed by atoms with Crippen molar-refractivity contribution in [2.75, 3.05) is 20.3 Å². The van der Waals surface area contributed by atoms with Gasteiger partial charge in [-0.15, -0.1) is 0 Å². The lowest BCUT2D eigenvalue weighted by Crippen LogP contribution is -2.25. The fourth-order valence-corrected chi connectivity index (χ4v) is 2.31. The molecule has 0 saturated carbocycles. The summed E-state index contributed by atoms with van der Waals surface area (Å²) in [4.78, 5) is 11.6. The molecule has 2 rings (SSSR count). The Hall–Kier alpha value is -2.11. The predicted octanol–water partition coefficient (Wildman–Crippen LogP) is 3.14. The number of hydrogen-bond donors (Lipinski definition) is 2. The van der Waals surface area contributed by atoms with Crippen LogP contribution >= 0.6 is 0 Å². The molecule has 1 aromatic carbocycles. The van der Waals surface area contributed by atoms with E-state index in [0.29, 0.717) is 24.6 Å². The van der Waals surface area contributed by atoms with E-state index in [1.807, 2.05) is 36.4 Å². The third-order valence-corrected chi connectivity index (χ3v) is 3.62. The van der Waals surface area contributed by atoms with Crippen molar-refractivity contribution >= 4 is 5.91 Å². The second-order valence-corrected chi connectivity index (χ2v) is 6.16. The zero-order chi connectivity index (χ0) is 17.4. The molecule has 0 spiro atoms. The van der Waals surface area contributed by atoms with Gasteiger partial charge in [-0.2, -0.15) is 0 Å². The van der Waals surface area contributed by atoms with E-state index in [0.717, 1.165) is 17.9 Å². The second-order valence-electron chi connectivity index (χ2n) is 6.16. The van der Waals surface area contributed by atoms with Crippen LogP contribution in [0.3, 0.4) is 0 Å². The molecule has 0 saturated heterocycles. The van der Waals surface area contributed by atoms with Gasteiger partial charge in [0, 0.05) is 25.8 Å². The summed E-state index contributed by atoms with van der Waals surface area (Å²) in [6.07, 6.45) is 1.67. The average molecular weight is 330 g/mol. The lowest BCUT2D eigenvalue weighted by atomic mass is 10.1. The maximum Gasteiger partial charge on any atom is 0.251 e. The molecular formula is C19H26N2O3. The Balaban J connectivity index is 1.93. The quantitative estimate of drug-likeness (QED) is 0.741. The van der Waals surface area contributed by atoms with Crippen molar-refractivity contribution in [2.24, 2.45) is 5.92 Å². The van der Waals surface area contributed by atoms with Gasteiger partial charge in [0.2, 0.25) is 0 Å². The molecule has 0 fully saturated rings. The lowest BCUT2D eigenvalue weighted by molar-refractivity contribution is 0.0844. The molecule has 0 aliphatic heterocycles. The van der Waals surface area contributed by atoms with E-state index in [-0.39, 0.29) is 11.9 Å². The zero-order valence-electron chi connectivity index (χ0n) is 14.5. The maximum atomic E-state index is 11.6. The highest BCUT2D eigenvalue weighted by molar-refractivity contribution is 5.93. The summed E-state index contributed by atoms with van der Waals surface area (Å²) < 4.78 is 11.3. The van der Waals surface area contributed by atoms with Crippen LogP contribution in [-0.2, 0) is 11.3 Å². The van der Waals surface area contributed by atoms with Crippen molar-refractivity contribution in [3.63, 3.8) is 0 Å². The molecule has 2 N–H and O–H groups in total. The molecule has 1 aromatic heterocycles. The third-order valence-electron chi connectivity index (χ3n) is 3.62. The van der Waals surface area contributed by atoms with Gasteiger partial charge < -0.3 is 19.8 Å². The van der Waals surface area contributed by atoms with Crippen LogP contribution < -0.4 is 10.6 Å². The third kappa shape index (κ3) is 5.51. The van der Waals surface area contributed by atoms with E-state index in [1.54, 1.807) is 13.3 Å². The molecule has 0 aliphatic carbocycles.